The summed E-state index contributed by atoms with van der Waals surface area (Å²) in [4.78, 5) is 22.5. The van der Waals surface area contributed by atoms with Gasteiger partial charge in [-0.15, -0.1) is 11.3 Å². The number of furan rings is 1. The Morgan fingerprint density at radius 1 is 0.826 bits per heavy atom. The first-order valence-corrected chi connectivity index (χ1v) is 14.9. The average Bonchev–Trinajstić information content (AvgIpc) is 3.68. The van der Waals surface area contributed by atoms with E-state index in [4.69, 9.17) is 14.0 Å². The van der Waals surface area contributed by atoms with Crippen LogP contribution in [-0.4, -0.2) is 39.7 Å². The molecule has 0 saturated carbocycles. The Morgan fingerprint density at radius 3 is 2.09 bits per heavy atom. The van der Waals surface area contributed by atoms with Crippen LogP contribution in [0, 0.1) is 17.5 Å². The molecule has 0 unspecified atom stereocenters. The van der Waals surface area contributed by atoms with Crippen molar-refractivity contribution in [1.82, 2.24) is 10.3 Å². The molecule has 6 nitrogen and oxygen atoms in total. The fraction of sp³-hybridized carbons (Fsp3) is 0.139. The summed E-state index contributed by atoms with van der Waals surface area (Å²) in [6, 6.07) is 19.3. The summed E-state index contributed by atoms with van der Waals surface area (Å²) < 4.78 is 49.6. The molecule has 0 saturated heterocycles. The van der Waals surface area contributed by atoms with E-state index in [-0.39, 0.29) is 11.6 Å². The van der Waals surface area contributed by atoms with Crippen molar-refractivity contribution in [3.63, 3.8) is 0 Å². The highest BCUT2D eigenvalue weighted by molar-refractivity contribution is 7.21. The number of hydrogen-bond donors (Lipinski definition) is 1. The minimum absolute atomic E-state index is 0.336. The number of carbonyl (C=O) groups excluding carboxylic acids is 2. The highest BCUT2D eigenvalue weighted by Gasteiger charge is 2.22. The third-order valence-corrected chi connectivity index (χ3v) is 7.91. The molecule has 0 radical (unpaired) electrons. The molecule has 10 heteroatoms. The van der Waals surface area contributed by atoms with Crippen LogP contribution < -0.4 is 10.2 Å². The largest absolute Gasteiger partial charge is 0.455 e. The van der Waals surface area contributed by atoms with Crippen LogP contribution in [0.5, 0.6) is 0 Å². The molecule has 0 aliphatic heterocycles. The zero-order chi connectivity index (χ0) is 34.1. The van der Waals surface area contributed by atoms with Crippen LogP contribution in [0.1, 0.15) is 19.4 Å². The molecule has 0 aliphatic rings. The molecule has 4 aromatic carbocycles. The quantitative estimate of drug-likeness (QED) is 0.195. The van der Waals surface area contributed by atoms with Crippen LogP contribution in [0.4, 0.5) is 18.9 Å². The first kappa shape index (κ1) is 35.3. The third kappa shape index (κ3) is 7.02. The second kappa shape index (κ2) is 15.7. The van der Waals surface area contributed by atoms with E-state index in [9.17, 15) is 8.78 Å². The first-order valence-electron chi connectivity index (χ1n) is 14.1. The summed E-state index contributed by atoms with van der Waals surface area (Å²) >= 11 is 1.24. The molecular formula is C36H34F3N3O3S. The molecule has 6 rings (SSSR count). The minimum Gasteiger partial charge on any atom is -0.455 e. The van der Waals surface area contributed by atoms with E-state index in [1.54, 1.807) is 37.4 Å². The highest BCUT2D eigenvalue weighted by atomic mass is 32.1. The lowest BCUT2D eigenvalue weighted by Crippen LogP contribution is -2.10. The monoisotopic (exact) mass is 645 g/mol. The molecule has 2 heterocycles. The predicted molar refractivity (Wildman–Crippen MR) is 184 cm³/mol. The lowest BCUT2D eigenvalue weighted by atomic mass is 9.96. The molecule has 0 fully saturated rings. The summed E-state index contributed by atoms with van der Waals surface area (Å²) in [7, 11) is 5.63. The summed E-state index contributed by atoms with van der Waals surface area (Å²) in [6.07, 6.45) is 0. The van der Waals surface area contributed by atoms with Crippen LogP contribution in [0.15, 0.2) is 83.8 Å². The van der Waals surface area contributed by atoms with Gasteiger partial charge in [-0.1, -0.05) is 26.5 Å². The number of halogens is 3. The summed E-state index contributed by atoms with van der Waals surface area (Å²) in [5.41, 5.74) is 6.18. The lowest BCUT2D eigenvalue weighted by molar-refractivity contribution is -0.0987. The number of aromatic nitrogens is 1. The van der Waals surface area contributed by atoms with Crippen molar-refractivity contribution >= 4 is 57.5 Å². The van der Waals surface area contributed by atoms with E-state index in [1.165, 1.54) is 41.7 Å². The van der Waals surface area contributed by atoms with E-state index in [0.29, 0.717) is 43.4 Å². The van der Waals surface area contributed by atoms with Gasteiger partial charge in [-0.3, -0.25) is 0 Å². The molecule has 1 N–H and O–H groups in total. The van der Waals surface area contributed by atoms with Crippen LogP contribution in [-0.2, 0) is 9.59 Å². The van der Waals surface area contributed by atoms with Crippen molar-refractivity contribution in [2.24, 2.45) is 0 Å². The van der Waals surface area contributed by atoms with E-state index in [0.717, 1.165) is 27.8 Å². The number of anilines is 1. The smallest absolute Gasteiger partial charge is 0.144 e. The number of nitrogens with one attached hydrogen (secondary N) is 1. The molecule has 0 spiro atoms. The van der Waals surface area contributed by atoms with Crippen molar-refractivity contribution in [3.05, 3.63) is 102 Å². The van der Waals surface area contributed by atoms with Crippen LogP contribution in [0.3, 0.4) is 0 Å². The Hall–Kier alpha value is -5.22. The van der Waals surface area contributed by atoms with Gasteiger partial charge < -0.3 is 24.2 Å². The normalized spacial score (nSPS) is 10.2. The Kier molecular flexibility index (Phi) is 12.0. The number of carbonyl (C=O) groups is 2. The van der Waals surface area contributed by atoms with Gasteiger partial charge in [-0.2, -0.15) is 0 Å². The molecule has 0 atom stereocenters. The number of fused-ring (bicyclic) bond motifs is 2. The standard InChI is InChI=1S/C32H24F3N3OS.C2H6.2CH2O/c1-17(36-2)30-24-15-22(27(38(3)4)16-28(24)39-31(30)18-5-8-20(33)9-6-18)19-7-11-25(35)23(13-19)32-37-26-12-10-21(34)14-29(26)40-32;3*1-2/h5-16,36H,1H2,2-4H3;1-2H3;2*1H2. The number of thiazole rings is 1. The zero-order valence-electron chi connectivity index (χ0n) is 26.2. The Balaban J connectivity index is 0.000000908. The van der Waals surface area contributed by atoms with Crippen LogP contribution >= 0.6 is 11.3 Å². The maximum atomic E-state index is 15.1. The summed E-state index contributed by atoms with van der Waals surface area (Å²) in [5.74, 6) is -0.545. The lowest BCUT2D eigenvalue weighted by Gasteiger charge is -2.18. The minimum atomic E-state index is -0.415. The third-order valence-electron chi connectivity index (χ3n) is 6.86. The molecule has 6 aromatic rings. The summed E-state index contributed by atoms with van der Waals surface area (Å²) in [5, 5.41) is 4.39. The number of hydrogen-bond acceptors (Lipinski definition) is 7. The van der Waals surface area contributed by atoms with Gasteiger partial charge in [0, 0.05) is 60.7 Å². The second-order valence-electron chi connectivity index (χ2n) is 9.63. The molecule has 2 aromatic heterocycles. The zero-order valence-corrected chi connectivity index (χ0v) is 27.0. The van der Waals surface area contributed by atoms with Gasteiger partial charge in [0.2, 0.25) is 0 Å². The topological polar surface area (TPSA) is 75.4 Å². The van der Waals surface area contributed by atoms with Gasteiger partial charge in [0.15, 0.2) is 0 Å². The number of nitrogens with zero attached hydrogens (tertiary/aromatic N) is 2. The maximum absolute atomic E-state index is 15.1. The van der Waals surface area contributed by atoms with Gasteiger partial charge >= 0.3 is 0 Å². The van der Waals surface area contributed by atoms with Gasteiger partial charge in [0.25, 0.3) is 0 Å². The number of rotatable bonds is 6. The van der Waals surface area contributed by atoms with E-state index in [2.05, 4.69) is 16.9 Å². The van der Waals surface area contributed by atoms with Gasteiger partial charge in [0.1, 0.15) is 47.4 Å². The van der Waals surface area contributed by atoms with Crippen LogP contribution in [0.2, 0.25) is 0 Å². The van der Waals surface area contributed by atoms with Crippen molar-refractivity contribution < 1.29 is 27.2 Å². The van der Waals surface area contributed by atoms with Gasteiger partial charge in [-0.05, 0) is 66.2 Å². The average molecular weight is 646 g/mol. The maximum Gasteiger partial charge on any atom is 0.144 e. The second-order valence-corrected chi connectivity index (χ2v) is 10.7. The summed E-state index contributed by atoms with van der Waals surface area (Å²) in [6.45, 7) is 12.2. The Bertz CT molecular complexity index is 1970. The van der Waals surface area contributed by atoms with Crippen molar-refractivity contribution in [2.75, 3.05) is 26.0 Å². The van der Waals surface area contributed by atoms with Crippen molar-refractivity contribution in [1.29, 1.82) is 0 Å². The van der Waals surface area contributed by atoms with E-state index >= 15 is 4.39 Å². The number of benzene rings is 4. The highest BCUT2D eigenvalue weighted by Crippen LogP contribution is 2.43. The van der Waals surface area contributed by atoms with E-state index in [1.807, 2.05) is 58.6 Å². The fourth-order valence-electron chi connectivity index (χ4n) is 4.83. The molecule has 238 valence electrons. The first-order chi connectivity index (χ1) is 22.2. The Labute approximate surface area is 269 Å². The molecule has 46 heavy (non-hydrogen) atoms. The molecular weight excluding hydrogens is 611 g/mol. The van der Waals surface area contributed by atoms with Crippen molar-refractivity contribution in [2.45, 2.75) is 13.8 Å². The molecule has 0 bridgehead atoms. The van der Waals surface area contributed by atoms with Gasteiger partial charge in [-0.25, -0.2) is 18.2 Å². The Morgan fingerprint density at radius 2 is 1.46 bits per heavy atom. The molecule has 0 aliphatic carbocycles. The fourth-order valence-corrected chi connectivity index (χ4v) is 5.84. The van der Waals surface area contributed by atoms with Gasteiger partial charge in [0.05, 0.1) is 15.8 Å². The van der Waals surface area contributed by atoms with E-state index < -0.39 is 5.82 Å². The molecule has 0 amide bonds. The van der Waals surface area contributed by atoms with Crippen LogP contribution in [0.25, 0.3) is 59.9 Å². The SMILES string of the molecule is C=C(NC)c1c(-c2ccc(F)cc2)oc2cc(N(C)C)c(-c3ccc(F)c(-c4nc5ccc(F)cc5s4)c3)cc12.C=O.C=O.CC. The van der Waals surface area contributed by atoms with Crippen molar-refractivity contribution in [3.8, 4) is 33.0 Å². The predicted octanol–water partition coefficient (Wildman–Crippen LogP) is 9.37.